The molecular weight excluding hydrogens is 224 g/mol. The van der Waals surface area contributed by atoms with E-state index in [9.17, 15) is 0 Å². The monoisotopic (exact) mass is 244 g/mol. The number of hydrogen-bond donors (Lipinski definition) is 1. The van der Waals surface area contributed by atoms with E-state index in [1.165, 1.54) is 22.8 Å². The Hall–Kier alpha value is -0.0600. The Kier molecular flexibility index (Phi) is 7.05. The molecule has 0 unspecified atom stereocenters. The molecule has 0 aromatic carbocycles. The first kappa shape index (κ1) is 13.0. The lowest BCUT2D eigenvalue weighted by molar-refractivity contribution is 0.683. The van der Waals surface area contributed by atoms with Gasteiger partial charge in [0, 0.05) is 17.6 Å². The first-order chi connectivity index (χ1) is 7.29. The van der Waals surface area contributed by atoms with Gasteiger partial charge in [-0.05, 0) is 30.4 Å². The van der Waals surface area contributed by atoms with Gasteiger partial charge in [-0.2, -0.15) is 11.8 Å². The maximum atomic E-state index is 4.04. The van der Waals surface area contributed by atoms with Crippen LogP contribution < -0.4 is 5.32 Å². The van der Waals surface area contributed by atoms with E-state index in [2.05, 4.69) is 35.9 Å². The molecule has 0 aliphatic heterocycles. The largest absolute Gasteiger partial charge is 0.312 e. The number of thioether (sulfide) groups is 1. The van der Waals surface area contributed by atoms with Crippen LogP contribution in [0.1, 0.15) is 25.1 Å². The Labute approximate surface area is 101 Å². The molecule has 0 saturated carbocycles. The Balaban J connectivity index is 1.85. The molecule has 1 N–H and O–H groups in total. The molecule has 0 atom stereocenters. The van der Waals surface area contributed by atoms with Crippen molar-refractivity contribution in [3.05, 3.63) is 16.6 Å². The molecule has 0 saturated heterocycles. The third-order valence-electron chi connectivity index (χ3n) is 1.88. The van der Waals surface area contributed by atoms with Gasteiger partial charge in [-0.1, -0.05) is 13.8 Å². The second-order valence-corrected chi connectivity index (χ2v) is 6.09. The summed E-state index contributed by atoms with van der Waals surface area (Å²) in [6.45, 7) is 6.63. The van der Waals surface area contributed by atoms with Crippen LogP contribution in [-0.2, 0) is 6.54 Å². The van der Waals surface area contributed by atoms with Crippen LogP contribution in [0.5, 0.6) is 0 Å². The predicted molar refractivity (Wildman–Crippen MR) is 70.6 cm³/mol. The van der Waals surface area contributed by atoms with Crippen molar-refractivity contribution >= 4 is 23.1 Å². The maximum absolute atomic E-state index is 4.04. The Bertz CT molecular complexity index is 235. The second-order valence-electron chi connectivity index (χ2n) is 3.97. The smallest absolute Gasteiger partial charge is 0.0794 e. The van der Waals surface area contributed by atoms with Crippen LogP contribution in [0.2, 0.25) is 0 Å². The van der Waals surface area contributed by atoms with Crippen LogP contribution in [0.15, 0.2) is 11.7 Å². The van der Waals surface area contributed by atoms with Crippen molar-refractivity contribution in [1.29, 1.82) is 0 Å². The zero-order chi connectivity index (χ0) is 10.9. The highest BCUT2D eigenvalue weighted by Crippen LogP contribution is 2.08. The molecule has 15 heavy (non-hydrogen) atoms. The van der Waals surface area contributed by atoms with Gasteiger partial charge in [0.15, 0.2) is 0 Å². The lowest BCUT2D eigenvalue weighted by Crippen LogP contribution is -2.14. The summed E-state index contributed by atoms with van der Waals surface area (Å²) in [5, 5.41) is 3.43. The van der Waals surface area contributed by atoms with Gasteiger partial charge in [0.1, 0.15) is 0 Å². The highest BCUT2D eigenvalue weighted by molar-refractivity contribution is 7.99. The SMILES string of the molecule is CC(C)CSCCCNCc1cncs1. The Morgan fingerprint density at radius 2 is 2.40 bits per heavy atom. The molecule has 1 aromatic heterocycles. The molecule has 0 fully saturated rings. The van der Waals surface area contributed by atoms with Crippen molar-refractivity contribution in [3.8, 4) is 0 Å². The third kappa shape index (κ3) is 6.93. The summed E-state index contributed by atoms with van der Waals surface area (Å²) in [4.78, 5) is 5.37. The number of hydrogen-bond acceptors (Lipinski definition) is 4. The van der Waals surface area contributed by atoms with E-state index in [4.69, 9.17) is 0 Å². The molecule has 0 aliphatic carbocycles. The maximum Gasteiger partial charge on any atom is 0.0794 e. The van der Waals surface area contributed by atoms with Crippen LogP contribution in [0.25, 0.3) is 0 Å². The Morgan fingerprint density at radius 1 is 1.53 bits per heavy atom. The lowest BCUT2D eigenvalue weighted by Gasteiger charge is -2.05. The summed E-state index contributed by atoms with van der Waals surface area (Å²) >= 11 is 3.78. The summed E-state index contributed by atoms with van der Waals surface area (Å²) in [5.74, 6) is 3.38. The van der Waals surface area contributed by atoms with Crippen LogP contribution >= 0.6 is 23.1 Å². The minimum absolute atomic E-state index is 0.820. The van der Waals surface area contributed by atoms with Gasteiger partial charge in [0.25, 0.3) is 0 Å². The lowest BCUT2D eigenvalue weighted by atomic mass is 10.3. The molecule has 86 valence electrons. The minimum Gasteiger partial charge on any atom is -0.312 e. The molecule has 1 heterocycles. The average Bonchev–Trinajstić information content (AvgIpc) is 2.68. The molecular formula is C11H20N2S2. The molecule has 2 nitrogen and oxygen atoms in total. The van der Waals surface area contributed by atoms with Crippen molar-refractivity contribution in [2.24, 2.45) is 5.92 Å². The fraction of sp³-hybridized carbons (Fsp3) is 0.727. The van der Waals surface area contributed by atoms with Crippen molar-refractivity contribution in [2.45, 2.75) is 26.8 Å². The summed E-state index contributed by atoms with van der Waals surface area (Å²) in [7, 11) is 0. The van der Waals surface area contributed by atoms with Crippen LogP contribution in [0.3, 0.4) is 0 Å². The van der Waals surface area contributed by atoms with Crippen molar-refractivity contribution in [2.75, 3.05) is 18.1 Å². The van der Waals surface area contributed by atoms with E-state index < -0.39 is 0 Å². The van der Waals surface area contributed by atoms with Gasteiger partial charge in [0.2, 0.25) is 0 Å². The molecule has 0 amide bonds. The number of nitrogens with one attached hydrogen (secondary N) is 1. The van der Waals surface area contributed by atoms with Crippen molar-refractivity contribution in [3.63, 3.8) is 0 Å². The average molecular weight is 244 g/mol. The molecule has 0 bridgehead atoms. The van der Waals surface area contributed by atoms with E-state index in [1.54, 1.807) is 11.3 Å². The third-order valence-corrected chi connectivity index (χ3v) is 4.14. The van der Waals surface area contributed by atoms with Gasteiger partial charge in [-0.25, -0.2) is 0 Å². The second kappa shape index (κ2) is 8.13. The topological polar surface area (TPSA) is 24.9 Å². The molecule has 1 aromatic rings. The van der Waals surface area contributed by atoms with Crippen molar-refractivity contribution in [1.82, 2.24) is 10.3 Å². The number of thiazole rings is 1. The summed E-state index contributed by atoms with van der Waals surface area (Å²) in [5.41, 5.74) is 1.88. The highest BCUT2D eigenvalue weighted by Gasteiger charge is 1.95. The highest BCUT2D eigenvalue weighted by atomic mass is 32.2. The summed E-state index contributed by atoms with van der Waals surface area (Å²) < 4.78 is 0. The molecule has 0 radical (unpaired) electrons. The van der Waals surface area contributed by atoms with E-state index in [0.29, 0.717) is 0 Å². The summed E-state index contributed by atoms with van der Waals surface area (Å²) in [6, 6.07) is 0. The first-order valence-corrected chi connectivity index (χ1v) is 7.48. The fourth-order valence-corrected chi connectivity index (χ4v) is 2.71. The van der Waals surface area contributed by atoms with E-state index in [-0.39, 0.29) is 0 Å². The van der Waals surface area contributed by atoms with E-state index in [1.807, 2.05) is 11.7 Å². The van der Waals surface area contributed by atoms with Crippen molar-refractivity contribution < 1.29 is 0 Å². The standard InChI is InChI=1S/C11H20N2S2/c1-10(2)8-14-5-3-4-12-6-11-7-13-9-15-11/h7,9-10,12H,3-6,8H2,1-2H3. The number of nitrogens with zero attached hydrogens (tertiary/aromatic N) is 1. The number of rotatable bonds is 8. The van der Waals surface area contributed by atoms with Gasteiger partial charge >= 0.3 is 0 Å². The normalized spacial score (nSPS) is 11.1. The molecule has 1 rings (SSSR count). The molecule has 0 spiro atoms. The quantitative estimate of drug-likeness (QED) is 0.712. The fourth-order valence-electron chi connectivity index (χ4n) is 1.16. The van der Waals surface area contributed by atoms with Gasteiger partial charge in [-0.3, -0.25) is 4.98 Å². The van der Waals surface area contributed by atoms with Crippen LogP contribution in [-0.4, -0.2) is 23.0 Å². The van der Waals surface area contributed by atoms with E-state index >= 15 is 0 Å². The molecule has 0 aliphatic rings. The predicted octanol–water partition coefficient (Wildman–Crippen LogP) is 3.01. The van der Waals surface area contributed by atoms with Gasteiger partial charge in [-0.15, -0.1) is 11.3 Å². The first-order valence-electron chi connectivity index (χ1n) is 5.45. The zero-order valence-electron chi connectivity index (χ0n) is 9.53. The van der Waals surface area contributed by atoms with E-state index in [0.717, 1.165) is 19.0 Å². The van der Waals surface area contributed by atoms with Gasteiger partial charge < -0.3 is 5.32 Å². The van der Waals surface area contributed by atoms with Crippen LogP contribution in [0, 0.1) is 5.92 Å². The Morgan fingerprint density at radius 3 is 3.07 bits per heavy atom. The minimum atomic E-state index is 0.820. The zero-order valence-corrected chi connectivity index (χ0v) is 11.2. The van der Waals surface area contributed by atoms with Crippen LogP contribution in [0.4, 0.5) is 0 Å². The summed E-state index contributed by atoms with van der Waals surface area (Å²) in [6.07, 6.45) is 3.20. The number of aromatic nitrogens is 1. The molecule has 4 heteroatoms. The van der Waals surface area contributed by atoms with Gasteiger partial charge in [0.05, 0.1) is 5.51 Å².